The first-order valence-electron chi connectivity index (χ1n) is 8.48. The lowest BCUT2D eigenvalue weighted by atomic mass is 10.2. The van der Waals surface area contributed by atoms with Crippen LogP contribution in [0.3, 0.4) is 0 Å². The minimum atomic E-state index is 0.0718. The van der Waals surface area contributed by atoms with Crippen molar-refractivity contribution in [3.63, 3.8) is 0 Å². The van der Waals surface area contributed by atoms with Crippen LogP contribution in [-0.2, 0) is 22.5 Å². The van der Waals surface area contributed by atoms with E-state index in [0.717, 1.165) is 35.9 Å². The van der Waals surface area contributed by atoms with Gasteiger partial charge in [-0.1, -0.05) is 13.8 Å². The summed E-state index contributed by atoms with van der Waals surface area (Å²) >= 11 is 1.62. The molecule has 1 aliphatic heterocycles. The molecule has 1 amide bonds. The van der Waals surface area contributed by atoms with Crippen LogP contribution in [-0.4, -0.2) is 35.0 Å². The molecule has 3 rings (SSSR count). The third-order valence-electron chi connectivity index (χ3n) is 4.12. The molecule has 0 N–H and O–H groups in total. The summed E-state index contributed by atoms with van der Waals surface area (Å²) < 4.78 is 11.1. The summed E-state index contributed by atoms with van der Waals surface area (Å²) in [6.07, 6.45) is 4.18. The van der Waals surface area contributed by atoms with Crippen LogP contribution in [0.25, 0.3) is 0 Å². The number of ether oxygens (including phenoxy) is 1. The van der Waals surface area contributed by atoms with Crippen LogP contribution in [0, 0.1) is 0 Å². The number of nitrogens with zero attached hydrogens (tertiary/aromatic N) is 2. The van der Waals surface area contributed by atoms with Crippen molar-refractivity contribution in [1.82, 2.24) is 9.88 Å². The Morgan fingerprint density at radius 2 is 2.38 bits per heavy atom. The zero-order chi connectivity index (χ0) is 16.9. The van der Waals surface area contributed by atoms with Crippen molar-refractivity contribution < 1.29 is 13.9 Å². The highest BCUT2D eigenvalue weighted by Crippen LogP contribution is 2.21. The quantitative estimate of drug-likeness (QED) is 0.767. The van der Waals surface area contributed by atoms with Gasteiger partial charge in [0.25, 0.3) is 0 Å². The van der Waals surface area contributed by atoms with Gasteiger partial charge in [0.2, 0.25) is 5.91 Å². The first kappa shape index (κ1) is 17.2. The number of hydrogen-bond acceptors (Lipinski definition) is 5. The van der Waals surface area contributed by atoms with E-state index in [2.05, 4.69) is 18.8 Å². The van der Waals surface area contributed by atoms with Crippen molar-refractivity contribution in [3.8, 4) is 0 Å². The molecule has 0 saturated carbocycles. The lowest BCUT2D eigenvalue weighted by molar-refractivity contribution is -0.133. The summed E-state index contributed by atoms with van der Waals surface area (Å²) in [6, 6.07) is 3.74. The molecule has 0 radical (unpaired) electrons. The van der Waals surface area contributed by atoms with E-state index in [9.17, 15) is 4.79 Å². The van der Waals surface area contributed by atoms with E-state index in [-0.39, 0.29) is 12.0 Å². The second-order valence-corrected chi connectivity index (χ2v) is 7.39. The number of aromatic nitrogens is 1. The van der Waals surface area contributed by atoms with Crippen molar-refractivity contribution in [1.29, 1.82) is 0 Å². The molecule has 0 spiro atoms. The van der Waals surface area contributed by atoms with Gasteiger partial charge in [-0.3, -0.25) is 4.79 Å². The molecule has 1 unspecified atom stereocenters. The summed E-state index contributed by atoms with van der Waals surface area (Å²) in [5.41, 5.74) is 0.852. The minimum Gasteiger partial charge on any atom is -0.467 e. The van der Waals surface area contributed by atoms with E-state index in [1.54, 1.807) is 17.6 Å². The predicted molar refractivity (Wildman–Crippen MR) is 93.0 cm³/mol. The fourth-order valence-electron chi connectivity index (χ4n) is 2.82. The molecule has 3 heterocycles. The summed E-state index contributed by atoms with van der Waals surface area (Å²) in [6.45, 7) is 6.11. The standard InChI is InChI=1S/C18H24N2O3S/c1-13(2)18-19-14(12-24-18)9-17(21)20(10-15-5-3-7-22-15)11-16-6-4-8-23-16/h3,5,7,12-13,16H,4,6,8-11H2,1-2H3. The third kappa shape index (κ3) is 4.45. The number of furan rings is 1. The van der Waals surface area contributed by atoms with Crippen molar-refractivity contribution in [2.45, 2.75) is 51.7 Å². The van der Waals surface area contributed by atoms with Gasteiger partial charge in [-0.05, 0) is 25.0 Å². The van der Waals surface area contributed by atoms with Crippen molar-refractivity contribution in [2.24, 2.45) is 0 Å². The van der Waals surface area contributed by atoms with Gasteiger partial charge in [0.15, 0.2) is 0 Å². The number of carbonyl (C=O) groups is 1. The van der Waals surface area contributed by atoms with Crippen LogP contribution in [0.4, 0.5) is 0 Å². The Balaban J connectivity index is 1.66. The maximum Gasteiger partial charge on any atom is 0.229 e. The lowest BCUT2D eigenvalue weighted by Gasteiger charge is -2.24. The molecule has 2 aromatic heterocycles. The summed E-state index contributed by atoms with van der Waals surface area (Å²) in [7, 11) is 0. The summed E-state index contributed by atoms with van der Waals surface area (Å²) in [5, 5.41) is 3.07. The molecular formula is C18H24N2O3S. The Morgan fingerprint density at radius 3 is 3.00 bits per heavy atom. The summed E-state index contributed by atoms with van der Waals surface area (Å²) in [4.78, 5) is 19.2. The molecule has 5 nitrogen and oxygen atoms in total. The van der Waals surface area contributed by atoms with Crippen LogP contribution in [0.1, 0.15) is 49.1 Å². The summed E-state index contributed by atoms with van der Waals surface area (Å²) in [5.74, 6) is 1.26. The average Bonchev–Trinajstić information content (AvgIpc) is 3.29. The molecule has 1 aliphatic rings. The van der Waals surface area contributed by atoms with Gasteiger partial charge < -0.3 is 14.1 Å². The van der Waals surface area contributed by atoms with E-state index in [0.29, 0.717) is 25.4 Å². The zero-order valence-electron chi connectivity index (χ0n) is 14.2. The van der Waals surface area contributed by atoms with Crippen LogP contribution < -0.4 is 0 Å². The molecule has 130 valence electrons. The Kier molecular flexibility index (Phi) is 5.68. The highest BCUT2D eigenvalue weighted by molar-refractivity contribution is 7.09. The highest BCUT2D eigenvalue weighted by atomic mass is 32.1. The van der Waals surface area contributed by atoms with Gasteiger partial charge in [-0.15, -0.1) is 11.3 Å². The fourth-order valence-corrected chi connectivity index (χ4v) is 3.65. The first-order chi connectivity index (χ1) is 11.6. The monoisotopic (exact) mass is 348 g/mol. The zero-order valence-corrected chi connectivity index (χ0v) is 15.1. The first-order valence-corrected chi connectivity index (χ1v) is 9.36. The van der Waals surface area contributed by atoms with Crippen molar-refractivity contribution in [3.05, 3.63) is 40.2 Å². The third-order valence-corrected chi connectivity index (χ3v) is 5.32. The van der Waals surface area contributed by atoms with Gasteiger partial charge in [0.1, 0.15) is 5.76 Å². The number of thiazole rings is 1. The van der Waals surface area contributed by atoms with Gasteiger partial charge in [-0.25, -0.2) is 4.98 Å². The van der Waals surface area contributed by atoms with Gasteiger partial charge in [-0.2, -0.15) is 0 Å². The van der Waals surface area contributed by atoms with Crippen LogP contribution >= 0.6 is 11.3 Å². The second-order valence-electron chi connectivity index (χ2n) is 6.50. The molecule has 24 heavy (non-hydrogen) atoms. The van der Waals surface area contributed by atoms with E-state index >= 15 is 0 Å². The van der Waals surface area contributed by atoms with Crippen LogP contribution in [0.2, 0.25) is 0 Å². The molecule has 0 aliphatic carbocycles. The molecule has 6 heteroatoms. The SMILES string of the molecule is CC(C)c1nc(CC(=O)N(Cc2ccco2)CC2CCCO2)cs1. The maximum atomic E-state index is 12.8. The molecule has 0 bridgehead atoms. The van der Waals surface area contributed by atoms with E-state index < -0.39 is 0 Å². The molecule has 1 saturated heterocycles. The predicted octanol–water partition coefficient (Wildman–Crippen LogP) is 3.61. The topological polar surface area (TPSA) is 55.6 Å². The Hall–Kier alpha value is -1.66. The number of carbonyl (C=O) groups excluding carboxylic acids is 1. The van der Waals surface area contributed by atoms with Crippen LogP contribution in [0.5, 0.6) is 0 Å². The largest absolute Gasteiger partial charge is 0.467 e. The van der Waals surface area contributed by atoms with E-state index in [1.807, 2.05) is 22.4 Å². The van der Waals surface area contributed by atoms with Gasteiger partial charge in [0, 0.05) is 24.4 Å². The maximum absolute atomic E-state index is 12.8. The highest BCUT2D eigenvalue weighted by Gasteiger charge is 2.24. The Labute approximate surface area is 146 Å². The van der Waals surface area contributed by atoms with E-state index in [1.165, 1.54) is 0 Å². The average molecular weight is 348 g/mol. The number of rotatable bonds is 7. The molecule has 1 atom stereocenters. The second kappa shape index (κ2) is 7.94. The fraction of sp³-hybridized carbons (Fsp3) is 0.556. The normalized spacial score (nSPS) is 17.5. The number of hydrogen-bond donors (Lipinski definition) is 0. The van der Waals surface area contributed by atoms with Crippen molar-refractivity contribution in [2.75, 3.05) is 13.2 Å². The van der Waals surface area contributed by atoms with Crippen LogP contribution in [0.15, 0.2) is 28.2 Å². The smallest absolute Gasteiger partial charge is 0.229 e. The molecular weight excluding hydrogens is 324 g/mol. The Bertz CT molecular complexity index is 645. The van der Waals surface area contributed by atoms with E-state index in [4.69, 9.17) is 9.15 Å². The van der Waals surface area contributed by atoms with Gasteiger partial charge >= 0.3 is 0 Å². The molecule has 2 aromatic rings. The molecule has 1 fully saturated rings. The molecule has 0 aromatic carbocycles. The lowest BCUT2D eigenvalue weighted by Crippen LogP contribution is -2.37. The van der Waals surface area contributed by atoms with Crippen molar-refractivity contribution >= 4 is 17.2 Å². The number of amides is 1. The van der Waals surface area contributed by atoms with Gasteiger partial charge in [0.05, 0.1) is 36.0 Å². The Morgan fingerprint density at radius 1 is 1.50 bits per heavy atom. The minimum absolute atomic E-state index is 0.0718.